The molecule has 9 nitrogen and oxygen atoms in total. The highest BCUT2D eigenvalue weighted by molar-refractivity contribution is 5.70. The second-order valence-corrected chi connectivity index (χ2v) is 23.4. The number of unbranched alkanes of at least 4 members (excludes halogenated alkanes) is 44. The zero-order valence-corrected chi connectivity index (χ0v) is 50.0. The molecule has 0 aliphatic heterocycles. The van der Waals surface area contributed by atoms with Crippen molar-refractivity contribution in [3.63, 3.8) is 0 Å². The first kappa shape index (κ1) is 72.0. The maximum Gasteiger partial charge on any atom is 0.306 e. The number of allylic oxidation sites excluding steroid dienone is 2. The molecule has 74 heavy (non-hydrogen) atoms. The molecule has 0 saturated heterocycles. The molecule has 0 rings (SSSR count). The topological polar surface area (TPSA) is 111 Å². The van der Waals surface area contributed by atoms with Crippen molar-refractivity contribution in [3.05, 3.63) is 12.2 Å². The number of quaternary nitrogens is 1. The fraction of sp³-hybridized carbons (Fsp3) is 0.923. The number of likely N-dealkylation sites (N-methyl/N-ethyl adjacent to an activating group) is 1. The lowest BCUT2D eigenvalue weighted by atomic mass is 10.0. The third kappa shape index (κ3) is 57.7. The Balaban J connectivity index is 4.12. The first-order valence-electron chi connectivity index (χ1n) is 32.3. The van der Waals surface area contributed by atoms with Crippen LogP contribution in [-0.4, -0.2) is 82.3 Å². The van der Waals surface area contributed by atoms with Crippen LogP contribution in [0.4, 0.5) is 0 Å². The Hall–Kier alpha value is -1.97. The van der Waals surface area contributed by atoms with Crippen LogP contribution in [0.5, 0.6) is 0 Å². The van der Waals surface area contributed by atoms with Gasteiger partial charge in [0.15, 0.2) is 12.4 Å². The maximum absolute atomic E-state index is 12.9. The Morgan fingerprint density at radius 1 is 0.392 bits per heavy atom. The fourth-order valence-electron chi connectivity index (χ4n) is 9.77. The van der Waals surface area contributed by atoms with Gasteiger partial charge in [0.05, 0.1) is 40.3 Å². The summed E-state index contributed by atoms with van der Waals surface area (Å²) in [6, 6.07) is 0. The first-order valence-corrected chi connectivity index (χ1v) is 32.3. The van der Waals surface area contributed by atoms with E-state index in [1.807, 2.05) is 21.1 Å². The quantitative estimate of drug-likeness (QED) is 0.0195. The van der Waals surface area contributed by atoms with Crippen molar-refractivity contribution in [1.29, 1.82) is 0 Å². The highest BCUT2D eigenvalue weighted by atomic mass is 16.7. The standard InChI is InChI=1S/C65H125NO8/c1-6-8-10-12-14-16-18-20-22-24-26-28-30-31-32-34-35-37-39-41-43-45-47-49-51-53-55-62(67)72-59-61(60-73-65(64(69)70)71-58-57-66(3,4)5)74-63(68)56-54-52-50-48-46-44-42-40-38-36-33-29-27-25-23-21-19-17-15-13-11-9-7-2/h25,27,61,65H,6-24,26,28-60H2,1-5H3/b27-25-. The average Bonchev–Trinajstić information content (AvgIpc) is 3.37. The van der Waals surface area contributed by atoms with Gasteiger partial charge in [0.25, 0.3) is 0 Å². The predicted octanol–water partition coefficient (Wildman–Crippen LogP) is 18.0. The van der Waals surface area contributed by atoms with Gasteiger partial charge in [-0.3, -0.25) is 9.59 Å². The lowest BCUT2D eigenvalue weighted by molar-refractivity contribution is -0.870. The van der Waals surface area contributed by atoms with Gasteiger partial charge in [-0.15, -0.1) is 0 Å². The summed E-state index contributed by atoms with van der Waals surface area (Å²) in [5.41, 5.74) is 0. The number of aliphatic carboxylic acids is 1. The van der Waals surface area contributed by atoms with E-state index in [9.17, 15) is 19.5 Å². The largest absolute Gasteiger partial charge is 0.545 e. The van der Waals surface area contributed by atoms with Crippen molar-refractivity contribution in [1.82, 2.24) is 0 Å². The number of hydrogen-bond donors (Lipinski definition) is 0. The van der Waals surface area contributed by atoms with Crippen molar-refractivity contribution in [3.8, 4) is 0 Å². The highest BCUT2D eigenvalue weighted by Gasteiger charge is 2.22. The van der Waals surface area contributed by atoms with Crippen LogP contribution in [0, 0.1) is 0 Å². The number of nitrogens with zero attached hydrogens (tertiary/aromatic N) is 1. The van der Waals surface area contributed by atoms with Crippen LogP contribution in [0.1, 0.15) is 328 Å². The average molecular weight is 1050 g/mol. The van der Waals surface area contributed by atoms with Gasteiger partial charge in [-0.25, -0.2) is 0 Å². The van der Waals surface area contributed by atoms with Gasteiger partial charge >= 0.3 is 11.9 Å². The fourth-order valence-corrected chi connectivity index (χ4v) is 9.77. The van der Waals surface area contributed by atoms with E-state index in [1.165, 1.54) is 263 Å². The number of hydrogen-bond acceptors (Lipinski definition) is 8. The molecule has 0 N–H and O–H groups in total. The Morgan fingerprint density at radius 3 is 1.00 bits per heavy atom. The van der Waals surface area contributed by atoms with E-state index in [1.54, 1.807) is 0 Å². The van der Waals surface area contributed by atoms with Crippen molar-refractivity contribution in [2.45, 2.75) is 341 Å². The summed E-state index contributed by atoms with van der Waals surface area (Å²) in [5, 5.41) is 11.8. The predicted molar refractivity (Wildman–Crippen MR) is 311 cm³/mol. The van der Waals surface area contributed by atoms with Crippen molar-refractivity contribution in [2.24, 2.45) is 0 Å². The minimum absolute atomic E-state index is 0.152. The van der Waals surface area contributed by atoms with E-state index in [0.29, 0.717) is 17.4 Å². The smallest absolute Gasteiger partial charge is 0.306 e. The number of carbonyl (C=O) groups is 3. The van der Waals surface area contributed by atoms with Crippen molar-refractivity contribution >= 4 is 17.9 Å². The molecule has 2 unspecified atom stereocenters. The van der Waals surface area contributed by atoms with Gasteiger partial charge in [0, 0.05) is 12.8 Å². The Labute approximate surface area is 459 Å². The molecule has 0 saturated carbocycles. The number of ether oxygens (including phenoxy) is 4. The molecule has 0 bridgehead atoms. The van der Waals surface area contributed by atoms with E-state index >= 15 is 0 Å². The number of carbonyl (C=O) groups excluding carboxylic acids is 3. The molecule has 0 aliphatic rings. The molecule has 438 valence electrons. The van der Waals surface area contributed by atoms with E-state index in [2.05, 4.69) is 26.0 Å². The summed E-state index contributed by atoms with van der Waals surface area (Å²) in [5.74, 6) is -2.25. The number of carboxylic acids is 1. The minimum atomic E-state index is -1.62. The van der Waals surface area contributed by atoms with E-state index in [4.69, 9.17) is 18.9 Å². The van der Waals surface area contributed by atoms with Crippen LogP contribution < -0.4 is 5.11 Å². The van der Waals surface area contributed by atoms with E-state index in [-0.39, 0.29) is 32.2 Å². The Bertz CT molecular complexity index is 1220. The molecule has 0 aromatic rings. The van der Waals surface area contributed by atoms with Crippen LogP contribution >= 0.6 is 0 Å². The summed E-state index contributed by atoms with van der Waals surface area (Å²) >= 11 is 0. The van der Waals surface area contributed by atoms with Gasteiger partial charge in [0.1, 0.15) is 13.2 Å². The van der Waals surface area contributed by atoms with Crippen LogP contribution in [0.2, 0.25) is 0 Å². The molecule has 9 heteroatoms. The second-order valence-electron chi connectivity index (χ2n) is 23.4. The van der Waals surface area contributed by atoms with Gasteiger partial charge in [-0.1, -0.05) is 289 Å². The van der Waals surface area contributed by atoms with Gasteiger partial charge < -0.3 is 33.3 Å². The Kier molecular flexibility index (Phi) is 55.7. The van der Waals surface area contributed by atoms with Crippen LogP contribution in [0.3, 0.4) is 0 Å². The number of carboxylic acid groups (broad SMARTS) is 1. The van der Waals surface area contributed by atoms with Gasteiger partial charge in [0.2, 0.25) is 0 Å². The lowest BCUT2D eigenvalue weighted by Gasteiger charge is -2.26. The molecular formula is C65H125NO8. The van der Waals surface area contributed by atoms with Crippen LogP contribution in [-0.2, 0) is 33.3 Å². The minimum Gasteiger partial charge on any atom is -0.545 e. The molecule has 0 amide bonds. The summed E-state index contributed by atoms with van der Waals surface area (Å²) in [7, 11) is 5.94. The summed E-state index contributed by atoms with van der Waals surface area (Å²) < 4.78 is 22.8. The molecule has 2 atom stereocenters. The monoisotopic (exact) mass is 1050 g/mol. The first-order chi connectivity index (χ1) is 36.1. The highest BCUT2D eigenvalue weighted by Crippen LogP contribution is 2.18. The molecule has 0 aliphatic carbocycles. The molecule has 0 radical (unpaired) electrons. The molecule has 0 spiro atoms. The number of rotatable bonds is 61. The summed E-state index contributed by atoms with van der Waals surface area (Å²) in [6.45, 7) is 4.82. The lowest BCUT2D eigenvalue weighted by Crippen LogP contribution is -2.44. The SMILES string of the molecule is CCCCCCCCCC/C=C\CCCCCCCCCCCCCC(=O)OC(COC(=O)CCCCCCCCCCCCCCCCCCCCCCCCCCCC)COC(OCC[N+](C)(C)C)C(=O)[O-]. The van der Waals surface area contributed by atoms with E-state index < -0.39 is 24.3 Å². The Morgan fingerprint density at radius 2 is 0.689 bits per heavy atom. The zero-order chi connectivity index (χ0) is 54.1. The second kappa shape index (κ2) is 57.2. The molecule has 0 aromatic heterocycles. The third-order valence-corrected chi connectivity index (χ3v) is 14.8. The molecule has 0 aromatic carbocycles. The summed E-state index contributed by atoms with van der Waals surface area (Å²) in [4.78, 5) is 37.4. The van der Waals surface area contributed by atoms with Gasteiger partial charge in [-0.2, -0.15) is 0 Å². The summed E-state index contributed by atoms with van der Waals surface area (Å²) in [6.07, 6.45) is 64.2. The maximum atomic E-state index is 12.9. The van der Waals surface area contributed by atoms with Crippen molar-refractivity contribution in [2.75, 3.05) is 47.5 Å². The van der Waals surface area contributed by atoms with Crippen LogP contribution in [0.15, 0.2) is 12.2 Å². The third-order valence-electron chi connectivity index (χ3n) is 14.8. The van der Waals surface area contributed by atoms with E-state index in [0.717, 1.165) is 38.5 Å². The molecule has 0 fully saturated rings. The van der Waals surface area contributed by atoms with Crippen LogP contribution in [0.25, 0.3) is 0 Å². The zero-order valence-electron chi connectivity index (χ0n) is 50.0. The number of esters is 2. The molecular weight excluding hydrogens is 923 g/mol. The molecule has 0 heterocycles. The normalized spacial score (nSPS) is 12.7. The van der Waals surface area contributed by atoms with Gasteiger partial charge in [-0.05, 0) is 38.5 Å². The van der Waals surface area contributed by atoms with Crippen molar-refractivity contribution < 1.29 is 42.9 Å².